The van der Waals surface area contributed by atoms with Gasteiger partial charge in [0, 0.05) is 43.1 Å². The minimum Gasteiger partial charge on any atom is -0.432 e. The lowest BCUT2D eigenvalue weighted by atomic mass is 10.3. The molecule has 0 aliphatic rings. The standard InChI is InChI=1S/C19H22N2O2S4/c1-20(2)18(24)22-14-7-5-9-16(11-14)26-13-27-17-10-6-8-15(12-17)23-19(25)21(3)4/h5-12H,13H2,1-4H3. The second-order valence-electron chi connectivity index (χ2n) is 5.88. The lowest BCUT2D eigenvalue weighted by Crippen LogP contribution is -2.24. The number of thiocarbonyl (C=S) groups is 2. The van der Waals surface area contributed by atoms with Crippen molar-refractivity contribution in [2.75, 3.05) is 33.3 Å². The fourth-order valence-corrected chi connectivity index (χ4v) is 4.07. The molecule has 0 heterocycles. The molecule has 0 aromatic heterocycles. The molecule has 0 saturated heterocycles. The molecule has 0 N–H and O–H groups in total. The normalized spacial score (nSPS) is 10.2. The SMILES string of the molecule is CN(C)C(=S)Oc1cccc(SCSc2cccc(OC(=S)N(C)C)c2)c1. The number of benzene rings is 2. The van der Waals surface area contributed by atoms with Gasteiger partial charge in [0.15, 0.2) is 0 Å². The predicted molar refractivity (Wildman–Crippen MR) is 123 cm³/mol. The zero-order valence-electron chi connectivity index (χ0n) is 15.7. The number of nitrogens with zero attached hydrogens (tertiary/aromatic N) is 2. The van der Waals surface area contributed by atoms with Crippen molar-refractivity contribution in [3.05, 3.63) is 48.5 Å². The quantitative estimate of drug-likeness (QED) is 0.354. The maximum atomic E-state index is 5.66. The summed E-state index contributed by atoms with van der Waals surface area (Å²) in [5.74, 6) is 1.49. The monoisotopic (exact) mass is 438 g/mol. The maximum Gasteiger partial charge on any atom is 0.264 e. The first-order valence-electron chi connectivity index (χ1n) is 8.09. The summed E-state index contributed by atoms with van der Waals surface area (Å²) >= 11 is 13.8. The van der Waals surface area contributed by atoms with Crippen LogP contribution in [0.5, 0.6) is 11.5 Å². The summed E-state index contributed by atoms with van der Waals surface area (Å²) in [5, 5.41) is 1.75. The van der Waals surface area contributed by atoms with Crippen LogP contribution < -0.4 is 9.47 Å². The number of ether oxygens (including phenoxy) is 2. The van der Waals surface area contributed by atoms with Gasteiger partial charge in [0.2, 0.25) is 0 Å². The van der Waals surface area contributed by atoms with Gasteiger partial charge in [-0.05, 0) is 60.8 Å². The van der Waals surface area contributed by atoms with Crippen LogP contribution in [0.4, 0.5) is 0 Å². The molecule has 144 valence electrons. The van der Waals surface area contributed by atoms with E-state index >= 15 is 0 Å². The Balaban J connectivity index is 1.89. The molecular formula is C19H22N2O2S4. The first-order chi connectivity index (χ1) is 12.8. The van der Waals surface area contributed by atoms with Crippen molar-refractivity contribution in [2.45, 2.75) is 9.79 Å². The van der Waals surface area contributed by atoms with E-state index in [1.54, 1.807) is 33.3 Å². The molecule has 4 nitrogen and oxygen atoms in total. The van der Waals surface area contributed by atoms with Crippen LogP contribution in [-0.2, 0) is 0 Å². The Morgan fingerprint density at radius 2 is 1.19 bits per heavy atom. The Morgan fingerprint density at radius 3 is 1.56 bits per heavy atom. The van der Waals surface area contributed by atoms with Crippen LogP contribution in [0.25, 0.3) is 0 Å². The molecule has 0 spiro atoms. The molecule has 0 aliphatic heterocycles. The Morgan fingerprint density at radius 1 is 0.778 bits per heavy atom. The van der Waals surface area contributed by atoms with E-state index in [1.165, 1.54) is 0 Å². The van der Waals surface area contributed by atoms with Gasteiger partial charge in [-0.25, -0.2) is 0 Å². The zero-order chi connectivity index (χ0) is 19.8. The summed E-state index contributed by atoms with van der Waals surface area (Å²) in [6, 6.07) is 15.9. The van der Waals surface area contributed by atoms with Gasteiger partial charge in [-0.15, -0.1) is 23.5 Å². The highest BCUT2D eigenvalue weighted by molar-refractivity contribution is 8.16. The summed E-state index contributed by atoms with van der Waals surface area (Å²) in [6.07, 6.45) is 0. The van der Waals surface area contributed by atoms with Crippen molar-refractivity contribution < 1.29 is 9.47 Å². The largest absolute Gasteiger partial charge is 0.432 e. The van der Waals surface area contributed by atoms with Crippen molar-refractivity contribution >= 4 is 58.3 Å². The second-order valence-corrected chi connectivity index (χ2v) is 9.04. The van der Waals surface area contributed by atoms with Crippen LogP contribution in [0, 0.1) is 0 Å². The van der Waals surface area contributed by atoms with Crippen molar-refractivity contribution in [1.29, 1.82) is 0 Å². The molecule has 0 bridgehead atoms. The van der Waals surface area contributed by atoms with Gasteiger partial charge < -0.3 is 19.3 Å². The topological polar surface area (TPSA) is 24.9 Å². The van der Waals surface area contributed by atoms with E-state index in [4.69, 9.17) is 33.9 Å². The van der Waals surface area contributed by atoms with E-state index in [1.807, 2.05) is 64.6 Å². The number of hydrogen-bond acceptors (Lipinski definition) is 6. The lowest BCUT2D eigenvalue weighted by molar-refractivity contribution is 0.448. The first kappa shape index (κ1) is 21.8. The van der Waals surface area contributed by atoms with E-state index in [0.717, 1.165) is 26.4 Å². The molecule has 0 amide bonds. The van der Waals surface area contributed by atoms with Crippen molar-refractivity contribution in [3.8, 4) is 11.5 Å². The molecular weight excluding hydrogens is 416 g/mol. The smallest absolute Gasteiger partial charge is 0.264 e. The molecule has 2 rings (SSSR count). The van der Waals surface area contributed by atoms with Crippen LogP contribution in [0.3, 0.4) is 0 Å². The lowest BCUT2D eigenvalue weighted by Gasteiger charge is -2.15. The van der Waals surface area contributed by atoms with Gasteiger partial charge in [0.25, 0.3) is 10.3 Å². The van der Waals surface area contributed by atoms with E-state index in [9.17, 15) is 0 Å². The Kier molecular flexibility index (Phi) is 8.69. The molecule has 0 atom stereocenters. The van der Waals surface area contributed by atoms with Crippen LogP contribution in [0.1, 0.15) is 0 Å². The van der Waals surface area contributed by atoms with Crippen LogP contribution in [0.2, 0.25) is 0 Å². The minimum atomic E-state index is 0.443. The van der Waals surface area contributed by atoms with Gasteiger partial charge in [-0.3, -0.25) is 0 Å². The van der Waals surface area contributed by atoms with Crippen LogP contribution in [-0.4, -0.2) is 53.4 Å². The summed E-state index contributed by atoms with van der Waals surface area (Å²) in [6.45, 7) is 0. The Bertz CT molecular complexity index is 731. The second kappa shape index (κ2) is 10.8. The summed E-state index contributed by atoms with van der Waals surface area (Å²) in [7, 11) is 7.45. The molecule has 2 aromatic carbocycles. The average molecular weight is 439 g/mol. The molecule has 2 aromatic rings. The first-order valence-corrected chi connectivity index (χ1v) is 10.9. The van der Waals surface area contributed by atoms with Crippen LogP contribution >= 0.6 is 48.0 Å². The van der Waals surface area contributed by atoms with E-state index in [0.29, 0.717) is 10.3 Å². The average Bonchev–Trinajstić information content (AvgIpc) is 2.62. The predicted octanol–water partition coefficient (Wildman–Crippen LogP) is 4.98. The van der Waals surface area contributed by atoms with Gasteiger partial charge in [0.05, 0.1) is 0 Å². The zero-order valence-corrected chi connectivity index (χ0v) is 18.9. The maximum absolute atomic E-state index is 5.66. The third kappa shape index (κ3) is 7.57. The number of thioether (sulfide) groups is 2. The minimum absolute atomic E-state index is 0.443. The fourth-order valence-electron chi connectivity index (χ4n) is 1.80. The highest BCUT2D eigenvalue weighted by atomic mass is 32.2. The molecule has 0 unspecified atom stereocenters. The number of rotatable bonds is 6. The summed E-state index contributed by atoms with van der Waals surface area (Å²) in [4.78, 5) is 5.79. The highest BCUT2D eigenvalue weighted by Crippen LogP contribution is 2.31. The van der Waals surface area contributed by atoms with Crippen LogP contribution in [0.15, 0.2) is 58.3 Å². The van der Waals surface area contributed by atoms with Crippen molar-refractivity contribution in [2.24, 2.45) is 0 Å². The summed E-state index contributed by atoms with van der Waals surface area (Å²) < 4.78 is 11.3. The molecule has 27 heavy (non-hydrogen) atoms. The molecule has 0 aliphatic carbocycles. The van der Waals surface area contributed by atoms with Gasteiger partial charge in [0.1, 0.15) is 11.5 Å². The highest BCUT2D eigenvalue weighted by Gasteiger charge is 2.06. The van der Waals surface area contributed by atoms with Crippen molar-refractivity contribution in [3.63, 3.8) is 0 Å². The van der Waals surface area contributed by atoms with Crippen molar-refractivity contribution in [1.82, 2.24) is 9.80 Å². The molecule has 0 fully saturated rings. The third-order valence-corrected chi connectivity index (χ3v) is 6.22. The van der Waals surface area contributed by atoms with Gasteiger partial charge in [-0.1, -0.05) is 12.1 Å². The van der Waals surface area contributed by atoms with E-state index < -0.39 is 0 Å². The number of hydrogen-bond donors (Lipinski definition) is 0. The van der Waals surface area contributed by atoms with Gasteiger partial charge in [-0.2, -0.15) is 0 Å². The molecule has 0 radical (unpaired) electrons. The molecule has 0 saturated carbocycles. The van der Waals surface area contributed by atoms with E-state index in [-0.39, 0.29) is 0 Å². The van der Waals surface area contributed by atoms with E-state index in [2.05, 4.69) is 12.1 Å². The molecule has 8 heteroatoms. The Hall–Kier alpha value is -1.48. The Labute approximate surface area is 180 Å². The summed E-state index contributed by atoms with van der Waals surface area (Å²) in [5.41, 5.74) is 0. The fraction of sp³-hybridized carbons (Fsp3) is 0.263. The van der Waals surface area contributed by atoms with Gasteiger partial charge >= 0.3 is 0 Å². The third-order valence-electron chi connectivity index (χ3n) is 3.20.